The summed E-state index contributed by atoms with van der Waals surface area (Å²) in [5.41, 5.74) is 1.28. The largest absolute Gasteiger partial charge is 0.507 e. The highest BCUT2D eigenvalue weighted by Gasteiger charge is 2.31. The molecule has 0 bridgehead atoms. The molecule has 1 amide bonds. The fourth-order valence-electron chi connectivity index (χ4n) is 4.22. The zero-order chi connectivity index (χ0) is 21.4. The maximum atomic E-state index is 12.7. The molecule has 2 aromatic carbocycles. The van der Waals surface area contributed by atoms with Crippen LogP contribution in [-0.4, -0.2) is 64.8 Å². The van der Waals surface area contributed by atoms with Gasteiger partial charge in [0.05, 0.1) is 11.1 Å². The van der Waals surface area contributed by atoms with Gasteiger partial charge in [0, 0.05) is 43.2 Å². The third-order valence-electron chi connectivity index (χ3n) is 5.88. The standard InChI is InChI=1S/C23H23ClN4O3/c24-15-7-8-16-18(14-15)25-21(17-4-1-2-5-19(17)29)26-22(16)27-9-11-28(12-10-27)23(30)20-6-3-13-31-20/h1-2,4-5,7-8,14,20,29H,3,6,9-13H2. The highest BCUT2D eigenvalue weighted by molar-refractivity contribution is 6.31. The van der Waals surface area contributed by atoms with Crippen molar-refractivity contribution in [3.05, 3.63) is 47.5 Å². The summed E-state index contributed by atoms with van der Waals surface area (Å²) in [7, 11) is 0. The second-order valence-corrected chi connectivity index (χ2v) is 8.30. The van der Waals surface area contributed by atoms with Crippen molar-refractivity contribution in [2.75, 3.05) is 37.7 Å². The molecule has 2 aliphatic rings. The number of hydrogen-bond donors (Lipinski definition) is 1. The van der Waals surface area contributed by atoms with E-state index in [1.54, 1.807) is 18.2 Å². The fourth-order valence-corrected chi connectivity index (χ4v) is 4.39. The maximum absolute atomic E-state index is 12.7. The van der Waals surface area contributed by atoms with Crippen LogP contribution in [0.3, 0.4) is 0 Å². The summed E-state index contributed by atoms with van der Waals surface area (Å²) >= 11 is 6.22. The monoisotopic (exact) mass is 438 g/mol. The number of ether oxygens (including phenoxy) is 1. The van der Waals surface area contributed by atoms with Crippen LogP contribution in [-0.2, 0) is 9.53 Å². The number of aromatic hydroxyl groups is 1. The van der Waals surface area contributed by atoms with E-state index in [4.69, 9.17) is 21.3 Å². The van der Waals surface area contributed by atoms with Crippen molar-refractivity contribution < 1.29 is 14.6 Å². The first-order valence-electron chi connectivity index (χ1n) is 10.5. The van der Waals surface area contributed by atoms with E-state index in [2.05, 4.69) is 9.88 Å². The summed E-state index contributed by atoms with van der Waals surface area (Å²) < 4.78 is 5.56. The Morgan fingerprint density at radius 1 is 1.10 bits per heavy atom. The van der Waals surface area contributed by atoms with E-state index in [9.17, 15) is 9.90 Å². The number of halogens is 1. The van der Waals surface area contributed by atoms with Crippen LogP contribution in [0.2, 0.25) is 5.02 Å². The minimum Gasteiger partial charge on any atom is -0.507 e. The van der Waals surface area contributed by atoms with Crippen molar-refractivity contribution in [1.82, 2.24) is 14.9 Å². The van der Waals surface area contributed by atoms with E-state index in [0.29, 0.717) is 54.7 Å². The molecule has 1 atom stereocenters. The molecule has 31 heavy (non-hydrogen) atoms. The van der Waals surface area contributed by atoms with Crippen LogP contribution in [0.4, 0.5) is 5.82 Å². The predicted molar refractivity (Wildman–Crippen MR) is 119 cm³/mol. The molecule has 1 N–H and O–H groups in total. The average Bonchev–Trinajstić information content (AvgIpc) is 3.33. The molecule has 0 saturated carbocycles. The smallest absolute Gasteiger partial charge is 0.251 e. The molecule has 160 valence electrons. The molecular formula is C23H23ClN4O3. The molecule has 1 unspecified atom stereocenters. The Balaban J connectivity index is 1.46. The number of phenolic OH excluding ortho intramolecular Hbond substituents is 1. The molecule has 2 saturated heterocycles. The quantitative estimate of drug-likeness (QED) is 0.674. The van der Waals surface area contributed by atoms with Gasteiger partial charge in [0.1, 0.15) is 17.7 Å². The normalized spacial score (nSPS) is 19.2. The highest BCUT2D eigenvalue weighted by Crippen LogP contribution is 2.33. The van der Waals surface area contributed by atoms with Crippen LogP contribution < -0.4 is 4.90 Å². The minimum atomic E-state index is -0.291. The number of fused-ring (bicyclic) bond motifs is 1. The second-order valence-electron chi connectivity index (χ2n) is 7.86. The molecule has 1 aromatic heterocycles. The minimum absolute atomic E-state index is 0.0892. The van der Waals surface area contributed by atoms with Crippen molar-refractivity contribution in [1.29, 1.82) is 0 Å². The molecule has 0 spiro atoms. The Hall–Kier alpha value is -2.90. The first-order chi connectivity index (χ1) is 15.1. The van der Waals surface area contributed by atoms with Gasteiger partial charge in [-0.25, -0.2) is 9.97 Å². The van der Waals surface area contributed by atoms with Crippen molar-refractivity contribution in [3.63, 3.8) is 0 Å². The average molecular weight is 439 g/mol. The van der Waals surface area contributed by atoms with Crippen molar-refractivity contribution in [2.45, 2.75) is 18.9 Å². The van der Waals surface area contributed by atoms with Gasteiger partial charge in [-0.05, 0) is 43.2 Å². The number of rotatable bonds is 3. The molecule has 0 aliphatic carbocycles. The van der Waals surface area contributed by atoms with Crippen LogP contribution in [0, 0.1) is 0 Å². The Bertz CT molecular complexity index is 1130. The van der Waals surface area contributed by atoms with E-state index < -0.39 is 0 Å². The molecule has 0 radical (unpaired) electrons. The summed E-state index contributed by atoms with van der Waals surface area (Å²) in [6, 6.07) is 12.6. The number of aromatic nitrogens is 2. The first kappa shape index (κ1) is 20.0. The number of nitrogens with zero attached hydrogens (tertiary/aromatic N) is 4. The Kier molecular flexibility index (Phi) is 5.38. The molecule has 5 rings (SSSR count). The van der Waals surface area contributed by atoms with E-state index in [0.717, 1.165) is 24.0 Å². The Labute approximate surface area is 185 Å². The van der Waals surface area contributed by atoms with Crippen LogP contribution >= 0.6 is 11.6 Å². The van der Waals surface area contributed by atoms with Crippen molar-refractivity contribution in [3.8, 4) is 17.1 Å². The molecule has 2 aliphatic heterocycles. The third-order valence-corrected chi connectivity index (χ3v) is 6.11. The van der Waals surface area contributed by atoms with Crippen LogP contribution in [0.1, 0.15) is 12.8 Å². The summed E-state index contributed by atoms with van der Waals surface area (Å²) in [6.07, 6.45) is 1.46. The van der Waals surface area contributed by atoms with E-state index in [-0.39, 0.29) is 17.8 Å². The Morgan fingerprint density at radius 2 is 1.90 bits per heavy atom. The number of carbonyl (C=O) groups excluding carboxylic acids is 1. The molecule has 2 fully saturated rings. The number of para-hydroxylation sites is 1. The lowest BCUT2D eigenvalue weighted by Gasteiger charge is -2.36. The van der Waals surface area contributed by atoms with Gasteiger partial charge in [-0.15, -0.1) is 0 Å². The van der Waals surface area contributed by atoms with Crippen LogP contribution in [0.5, 0.6) is 5.75 Å². The van der Waals surface area contributed by atoms with E-state index >= 15 is 0 Å². The zero-order valence-corrected chi connectivity index (χ0v) is 17.8. The van der Waals surface area contributed by atoms with Crippen molar-refractivity contribution >= 4 is 34.2 Å². The molecule has 8 heteroatoms. The van der Waals surface area contributed by atoms with Crippen molar-refractivity contribution in [2.24, 2.45) is 0 Å². The lowest BCUT2D eigenvalue weighted by atomic mass is 10.1. The van der Waals surface area contributed by atoms with Gasteiger partial charge in [-0.3, -0.25) is 4.79 Å². The fraction of sp³-hybridized carbons (Fsp3) is 0.348. The van der Waals surface area contributed by atoms with Gasteiger partial charge in [0.15, 0.2) is 5.82 Å². The lowest BCUT2D eigenvalue weighted by Crippen LogP contribution is -2.51. The van der Waals surface area contributed by atoms with E-state index in [1.807, 2.05) is 29.2 Å². The van der Waals surface area contributed by atoms with E-state index in [1.165, 1.54) is 0 Å². The van der Waals surface area contributed by atoms with Gasteiger partial charge in [0.25, 0.3) is 5.91 Å². The summed E-state index contributed by atoms with van der Waals surface area (Å²) in [5, 5.41) is 11.8. The topological polar surface area (TPSA) is 78.8 Å². The number of anilines is 1. The number of piperazine rings is 1. The van der Waals surface area contributed by atoms with Gasteiger partial charge in [-0.1, -0.05) is 23.7 Å². The second kappa shape index (κ2) is 8.32. The molecule has 7 nitrogen and oxygen atoms in total. The number of phenols is 1. The lowest BCUT2D eigenvalue weighted by molar-refractivity contribution is -0.141. The summed E-state index contributed by atoms with van der Waals surface area (Å²) in [6.45, 7) is 3.22. The van der Waals surface area contributed by atoms with Gasteiger partial charge >= 0.3 is 0 Å². The predicted octanol–water partition coefficient (Wildman–Crippen LogP) is 3.48. The number of benzene rings is 2. The van der Waals surface area contributed by atoms with Gasteiger partial charge in [0.2, 0.25) is 0 Å². The van der Waals surface area contributed by atoms with Crippen LogP contribution in [0.25, 0.3) is 22.3 Å². The summed E-state index contributed by atoms with van der Waals surface area (Å²) in [5.74, 6) is 1.44. The Morgan fingerprint density at radius 3 is 2.65 bits per heavy atom. The highest BCUT2D eigenvalue weighted by atomic mass is 35.5. The molecular weight excluding hydrogens is 416 g/mol. The first-order valence-corrected chi connectivity index (χ1v) is 10.9. The molecule has 3 heterocycles. The third kappa shape index (κ3) is 3.91. The zero-order valence-electron chi connectivity index (χ0n) is 17.0. The van der Waals surface area contributed by atoms with Crippen LogP contribution in [0.15, 0.2) is 42.5 Å². The SMILES string of the molecule is O=C(C1CCCO1)N1CCN(c2nc(-c3ccccc3O)nc3cc(Cl)ccc23)CC1. The van der Waals surface area contributed by atoms with Gasteiger partial charge < -0.3 is 19.6 Å². The summed E-state index contributed by atoms with van der Waals surface area (Å²) in [4.78, 5) is 26.2. The number of carbonyl (C=O) groups is 1. The van der Waals surface area contributed by atoms with Gasteiger partial charge in [-0.2, -0.15) is 0 Å². The number of amides is 1. The number of hydrogen-bond acceptors (Lipinski definition) is 6. The molecule has 3 aromatic rings. The maximum Gasteiger partial charge on any atom is 0.251 e.